The van der Waals surface area contributed by atoms with Crippen LogP contribution in [0.25, 0.3) is 16.8 Å². The molecule has 0 fully saturated rings. The van der Waals surface area contributed by atoms with Crippen molar-refractivity contribution in [2.24, 2.45) is 4.99 Å². The number of halogens is 1. The minimum absolute atomic E-state index is 0.0758. The molecule has 11 heteroatoms. The Kier molecular flexibility index (Phi) is 11.0. The van der Waals surface area contributed by atoms with Crippen LogP contribution in [0.15, 0.2) is 98.3 Å². The molecule has 0 saturated carbocycles. The molecule has 0 aliphatic carbocycles. The number of rotatable bonds is 12. The summed E-state index contributed by atoms with van der Waals surface area (Å²) < 4.78 is 32.0. The fourth-order valence-corrected chi connectivity index (χ4v) is 7.64. The SMILES string of the molecule is CCOC(=O)C1=C(C)N=c2s/c(=C\c3cc(Br)c(OCc4ccc5ccccc5c4)c(OCC)c3)c(=O)n2[C@@H]1c1ccc(OC(C)C)c(OC)c1. The molecule has 264 valence electrons. The third-order valence-electron chi connectivity index (χ3n) is 8.21. The molecule has 0 radical (unpaired) electrons. The number of carbonyl (C=O) groups is 1. The predicted molar refractivity (Wildman–Crippen MR) is 203 cm³/mol. The highest BCUT2D eigenvalue weighted by molar-refractivity contribution is 9.10. The standard InChI is InChI=1S/C40H39BrN2O7S/c1-7-47-33-19-26(18-30(41)37(33)49-22-25-13-14-27-11-9-10-12-28(27)17-25)20-34-38(44)43-36(29-15-16-31(50-23(3)4)32(21-29)46-6)35(39(45)48-8-2)24(5)42-40(43)51-34/h9-21,23,36H,7-8,22H2,1-6H3/b34-20-/t36-/m1/s1. The van der Waals surface area contributed by atoms with Crippen molar-refractivity contribution in [1.29, 1.82) is 0 Å². The molecule has 0 unspecified atom stereocenters. The largest absolute Gasteiger partial charge is 0.493 e. The van der Waals surface area contributed by atoms with Gasteiger partial charge in [0.1, 0.15) is 6.61 Å². The van der Waals surface area contributed by atoms with Crippen LogP contribution in [0.2, 0.25) is 0 Å². The second-order valence-electron chi connectivity index (χ2n) is 12.1. The van der Waals surface area contributed by atoms with E-state index in [2.05, 4.69) is 46.3 Å². The van der Waals surface area contributed by atoms with Crippen LogP contribution >= 0.6 is 27.3 Å². The average molecular weight is 772 g/mol. The topological polar surface area (TPSA) is 97.6 Å². The molecule has 9 nitrogen and oxygen atoms in total. The van der Waals surface area contributed by atoms with E-state index in [4.69, 9.17) is 28.7 Å². The highest BCUT2D eigenvalue weighted by Crippen LogP contribution is 2.39. The van der Waals surface area contributed by atoms with E-state index < -0.39 is 12.0 Å². The van der Waals surface area contributed by atoms with Gasteiger partial charge in [-0.2, -0.15) is 0 Å². The number of hydrogen-bond donors (Lipinski definition) is 0. The summed E-state index contributed by atoms with van der Waals surface area (Å²) in [4.78, 5) is 32.9. The number of hydrogen-bond acceptors (Lipinski definition) is 9. The zero-order valence-electron chi connectivity index (χ0n) is 29.3. The van der Waals surface area contributed by atoms with Crippen molar-refractivity contribution in [3.05, 3.63) is 125 Å². The highest BCUT2D eigenvalue weighted by Gasteiger charge is 2.34. The van der Waals surface area contributed by atoms with Crippen molar-refractivity contribution in [3.63, 3.8) is 0 Å². The molecule has 1 atom stereocenters. The van der Waals surface area contributed by atoms with Crippen LogP contribution in [0.3, 0.4) is 0 Å². The summed E-state index contributed by atoms with van der Waals surface area (Å²) in [5.41, 5.74) is 2.86. The first-order chi connectivity index (χ1) is 24.6. The van der Waals surface area contributed by atoms with Crippen molar-refractivity contribution in [3.8, 4) is 23.0 Å². The number of aromatic nitrogens is 1. The number of esters is 1. The zero-order valence-corrected chi connectivity index (χ0v) is 31.7. The van der Waals surface area contributed by atoms with E-state index in [1.165, 1.54) is 16.7 Å². The lowest BCUT2D eigenvalue weighted by Gasteiger charge is -2.25. The molecular formula is C40H39BrN2O7S. The lowest BCUT2D eigenvalue weighted by atomic mass is 9.95. The van der Waals surface area contributed by atoms with Gasteiger partial charge in [0.15, 0.2) is 27.8 Å². The zero-order chi connectivity index (χ0) is 36.2. The van der Waals surface area contributed by atoms with Gasteiger partial charge in [-0.1, -0.05) is 53.8 Å². The Morgan fingerprint density at radius 1 is 0.961 bits per heavy atom. The summed E-state index contributed by atoms with van der Waals surface area (Å²) in [5.74, 6) is 1.61. The molecule has 0 amide bonds. The van der Waals surface area contributed by atoms with Crippen molar-refractivity contribution in [1.82, 2.24) is 4.57 Å². The third-order valence-corrected chi connectivity index (χ3v) is 9.78. The molecule has 51 heavy (non-hydrogen) atoms. The van der Waals surface area contributed by atoms with E-state index in [0.717, 1.165) is 16.5 Å². The number of thiazole rings is 1. The lowest BCUT2D eigenvalue weighted by Crippen LogP contribution is -2.40. The second-order valence-corrected chi connectivity index (χ2v) is 14.0. The summed E-state index contributed by atoms with van der Waals surface area (Å²) in [6.45, 7) is 10.2. The van der Waals surface area contributed by atoms with Crippen LogP contribution in [-0.2, 0) is 16.1 Å². The second kappa shape index (κ2) is 15.6. The number of fused-ring (bicyclic) bond motifs is 2. The van der Waals surface area contributed by atoms with E-state index in [0.29, 0.717) is 61.3 Å². The molecule has 0 bridgehead atoms. The smallest absolute Gasteiger partial charge is 0.338 e. The minimum atomic E-state index is -0.805. The number of carbonyl (C=O) groups excluding carboxylic acids is 1. The molecule has 2 heterocycles. The number of nitrogens with zero attached hydrogens (tertiary/aromatic N) is 2. The van der Waals surface area contributed by atoms with Gasteiger partial charge in [-0.25, -0.2) is 9.79 Å². The van der Waals surface area contributed by atoms with E-state index in [9.17, 15) is 9.59 Å². The molecular weight excluding hydrogens is 732 g/mol. The van der Waals surface area contributed by atoms with Gasteiger partial charge in [0.05, 0.1) is 52.7 Å². The molecule has 0 spiro atoms. The van der Waals surface area contributed by atoms with Gasteiger partial charge in [-0.05, 0) is 114 Å². The predicted octanol–water partition coefficient (Wildman–Crippen LogP) is 7.49. The lowest BCUT2D eigenvalue weighted by molar-refractivity contribution is -0.139. The molecule has 1 aromatic heterocycles. The summed E-state index contributed by atoms with van der Waals surface area (Å²) in [7, 11) is 1.56. The number of ether oxygens (including phenoxy) is 5. The van der Waals surface area contributed by atoms with Crippen LogP contribution in [0, 0.1) is 0 Å². The molecule has 0 saturated heterocycles. The maximum atomic E-state index is 14.3. The monoisotopic (exact) mass is 770 g/mol. The van der Waals surface area contributed by atoms with Crippen LogP contribution < -0.4 is 33.8 Å². The summed E-state index contributed by atoms with van der Waals surface area (Å²) in [6, 6.07) is 22.8. The first-order valence-electron chi connectivity index (χ1n) is 16.7. The first kappa shape index (κ1) is 35.9. The molecule has 1 aliphatic heterocycles. The highest BCUT2D eigenvalue weighted by atomic mass is 79.9. The van der Waals surface area contributed by atoms with Gasteiger partial charge in [0.25, 0.3) is 5.56 Å². The van der Waals surface area contributed by atoms with E-state index in [1.54, 1.807) is 43.7 Å². The van der Waals surface area contributed by atoms with Gasteiger partial charge in [-0.15, -0.1) is 0 Å². The number of allylic oxidation sites excluding steroid dienone is 1. The number of benzene rings is 4. The Hall–Kier alpha value is -4.87. The Morgan fingerprint density at radius 3 is 2.47 bits per heavy atom. The average Bonchev–Trinajstić information content (AvgIpc) is 3.40. The van der Waals surface area contributed by atoms with Crippen molar-refractivity contribution < 1.29 is 28.5 Å². The minimum Gasteiger partial charge on any atom is -0.493 e. The summed E-state index contributed by atoms with van der Waals surface area (Å²) in [5, 5.41) is 2.31. The molecule has 5 aromatic rings. The van der Waals surface area contributed by atoms with E-state index >= 15 is 0 Å². The molecule has 0 N–H and O–H groups in total. The van der Waals surface area contributed by atoms with Crippen LogP contribution in [0.1, 0.15) is 57.4 Å². The van der Waals surface area contributed by atoms with Gasteiger partial charge >= 0.3 is 5.97 Å². The number of methoxy groups -OCH3 is 1. The Labute approximate surface area is 308 Å². The van der Waals surface area contributed by atoms with Crippen molar-refractivity contribution in [2.45, 2.75) is 53.4 Å². The maximum absolute atomic E-state index is 14.3. The van der Waals surface area contributed by atoms with Gasteiger partial charge in [-0.3, -0.25) is 9.36 Å². The Bertz CT molecular complexity index is 2330. The fourth-order valence-electron chi connectivity index (χ4n) is 6.02. The normalized spacial score (nSPS) is 14.4. The van der Waals surface area contributed by atoms with E-state index in [1.807, 2.05) is 51.1 Å². The molecule has 4 aromatic carbocycles. The van der Waals surface area contributed by atoms with Crippen LogP contribution in [0.5, 0.6) is 23.0 Å². The summed E-state index contributed by atoms with van der Waals surface area (Å²) in [6.07, 6.45) is 1.72. The molecule has 1 aliphatic rings. The van der Waals surface area contributed by atoms with Crippen molar-refractivity contribution in [2.75, 3.05) is 20.3 Å². The Morgan fingerprint density at radius 2 is 1.75 bits per heavy atom. The fraction of sp³-hybridized carbons (Fsp3) is 0.275. The van der Waals surface area contributed by atoms with Gasteiger partial charge in [0, 0.05) is 0 Å². The molecule has 6 rings (SSSR count). The summed E-state index contributed by atoms with van der Waals surface area (Å²) >= 11 is 4.93. The van der Waals surface area contributed by atoms with E-state index in [-0.39, 0.29) is 23.8 Å². The van der Waals surface area contributed by atoms with Gasteiger partial charge < -0.3 is 23.7 Å². The quantitative estimate of drug-likeness (QED) is 0.121. The maximum Gasteiger partial charge on any atom is 0.338 e. The Balaban J connectivity index is 1.40. The first-order valence-corrected chi connectivity index (χ1v) is 18.3. The third kappa shape index (κ3) is 7.60. The van der Waals surface area contributed by atoms with Gasteiger partial charge in [0.2, 0.25) is 0 Å². The van der Waals surface area contributed by atoms with Crippen LogP contribution in [-0.4, -0.2) is 37.0 Å². The van der Waals surface area contributed by atoms with Crippen LogP contribution in [0.4, 0.5) is 0 Å². The van der Waals surface area contributed by atoms with Crippen molar-refractivity contribution >= 4 is 50.1 Å².